The highest BCUT2D eigenvalue weighted by atomic mass is 16.5. The molecule has 1 saturated heterocycles. The van der Waals surface area contributed by atoms with E-state index in [0.29, 0.717) is 5.75 Å². The number of hydrogen-bond donors (Lipinski definition) is 1. The third kappa shape index (κ3) is 1.97. The van der Waals surface area contributed by atoms with Crippen molar-refractivity contribution in [3.05, 3.63) is 78.4 Å². The number of aromatic hydroxyl groups is 1. The number of nitrogens with zero attached hydrogens (tertiary/aromatic N) is 1. The Morgan fingerprint density at radius 1 is 0.840 bits per heavy atom. The number of rotatable bonds is 2. The predicted octanol–water partition coefficient (Wildman–Crippen LogP) is 3.91. The highest BCUT2D eigenvalue weighted by molar-refractivity contribution is 6.10. The van der Waals surface area contributed by atoms with Gasteiger partial charge in [-0.3, -0.25) is 9.69 Å². The molecule has 0 radical (unpaired) electrons. The molecule has 0 spiro atoms. The van der Waals surface area contributed by atoms with Crippen molar-refractivity contribution in [1.82, 2.24) is 0 Å². The minimum Gasteiger partial charge on any atom is -0.508 e. The van der Waals surface area contributed by atoms with Gasteiger partial charge in [-0.1, -0.05) is 42.5 Å². The lowest BCUT2D eigenvalue weighted by atomic mass is 9.80. The van der Waals surface area contributed by atoms with Gasteiger partial charge in [0.1, 0.15) is 17.5 Å². The smallest absolute Gasteiger partial charge is 0.271 e. The molecule has 0 bridgehead atoms. The summed E-state index contributed by atoms with van der Waals surface area (Å²) < 4.78 is 5.96. The van der Waals surface area contributed by atoms with E-state index in [4.69, 9.17) is 4.74 Å². The van der Waals surface area contributed by atoms with Gasteiger partial charge in [-0.25, -0.2) is 0 Å². The molecule has 2 heterocycles. The number of carbonyl (C=O) groups is 1. The van der Waals surface area contributed by atoms with Gasteiger partial charge in [0.25, 0.3) is 5.91 Å². The van der Waals surface area contributed by atoms with E-state index in [1.165, 1.54) is 0 Å². The number of phenols is 1. The van der Waals surface area contributed by atoms with Gasteiger partial charge < -0.3 is 9.84 Å². The summed E-state index contributed by atoms with van der Waals surface area (Å²) in [4.78, 5) is 14.6. The van der Waals surface area contributed by atoms with Crippen molar-refractivity contribution in [1.29, 1.82) is 0 Å². The molecular formula is C21H15NO3. The van der Waals surface area contributed by atoms with Crippen LogP contribution in [0.2, 0.25) is 0 Å². The van der Waals surface area contributed by atoms with E-state index in [2.05, 4.69) is 12.1 Å². The van der Waals surface area contributed by atoms with Crippen LogP contribution in [0.25, 0.3) is 11.1 Å². The van der Waals surface area contributed by atoms with Crippen molar-refractivity contribution in [3.63, 3.8) is 0 Å². The highest BCUT2D eigenvalue weighted by Crippen LogP contribution is 2.51. The van der Waals surface area contributed by atoms with Crippen molar-refractivity contribution in [2.24, 2.45) is 0 Å². The first-order valence-electron chi connectivity index (χ1n) is 8.21. The minimum absolute atomic E-state index is 0.0416. The van der Waals surface area contributed by atoms with Crippen molar-refractivity contribution in [2.45, 2.75) is 12.1 Å². The number of β-lactam (4-membered cyclic amide) rings is 1. The molecule has 1 fully saturated rings. The molecule has 25 heavy (non-hydrogen) atoms. The molecule has 2 aliphatic heterocycles. The summed E-state index contributed by atoms with van der Waals surface area (Å²) in [5.74, 6) is 0.706. The van der Waals surface area contributed by atoms with Gasteiger partial charge in [0, 0.05) is 5.56 Å². The summed E-state index contributed by atoms with van der Waals surface area (Å²) >= 11 is 0. The van der Waals surface area contributed by atoms with Crippen LogP contribution < -0.4 is 9.64 Å². The third-order valence-corrected chi connectivity index (χ3v) is 4.88. The predicted molar refractivity (Wildman–Crippen MR) is 94.6 cm³/mol. The van der Waals surface area contributed by atoms with E-state index >= 15 is 0 Å². The van der Waals surface area contributed by atoms with E-state index in [1.807, 2.05) is 41.3 Å². The molecule has 1 amide bonds. The summed E-state index contributed by atoms with van der Waals surface area (Å²) in [7, 11) is 0. The molecule has 3 aromatic carbocycles. The number of carbonyl (C=O) groups excluding carboxylic acids is 1. The topological polar surface area (TPSA) is 49.8 Å². The zero-order valence-corrected chi connectivity index (χ0v) is 13.3. The van der Waals surface area contributed by atoms with E-state index in [-0.39, 0.29) is 17.7 Å². The zero-order valence-electron chi connectivity index (χ0n) is 13.3. The first-order valence-corrected chi connectivity index (χ1v) is 8.21. The van der Waals surface area contributed by atoms with Crippen molar-refractivity contribution < 1.29 is 14.6 Å². The zero-order chi connectivity index (χ0) is 17.0. The lowest BCUT2D eigenvalue weighted by Gasteiger charge is -2.50. The second-order valence-corrected chi connectivity index (χ2v) is 6.29. The number of benzene rings is 3. The number of ether oxygens (including phenoxy) is 1. The van der Waals surface area contributed by atoms with Crippen LogP contribution in [0, 0.1) is 0 Å². The molecule has 122 valence electrons. The Kier molecular flexibility index (Phi) is 2.88. The fourth-order valence-electron chi connectivity index (χ4n) is 3.73. The van der Waals surface area contributed by atoms with Crippen molar-refractivity contribution >= 4 is 11.6 Å². The summed E-state index contributed by atoms with van der Waals surface area (Å²) in [6.45, 7) is 0. The Bertz CT molecular complexity index is 980. The van der Waals surface area contributed by atoms with Crippen LogP contribution in [0.3, 0.4) is 0 Å². The lowest BCUT2D eigenvalue weighted by molar-refractivity contribution is -0.135. The van der Waals surface area contributed by atoms with Gasteiger partial charge in [0.2, 0.25) is 6.10 Å². The average molecular weight is 329 g/mol. The quantitative estimate of drug-likeness (QED) is 0.725. The summed E-state index contributed by atoms with van der Waals surface area (Å²) in [5, 5.41) is 9.41. The molecule has 0 saturated carbocycles. The molecular weight excluding hydrogens is 314 g/mol. The molecule has 1 N–H and O–H groups in total. The molecule has 3 aromatic rings. The van der Waals surface area contributed by atoms with Crippen LogP contribution in [0.15, 0.2) is 72.8 Å². The second-order valence-electron chi connectivity index (χ2n) is 6.29. The van der Waals surface area contributed by atoms with Crippen molar-refractivity contribution in [2.75, 3.05) is 4.90 Å². The largest absolute Gasteiger partial charge is 0.508 e. The minimum atomic E-state index is -0.556. The number of amides is 1. The van der Waals surface area contributed by atoms with Gasteiger partial charge >= 0.3 is 0 Å². The number of phenolic OH excluding ortho intramolecular Hbond substituents is 1. The first-order chi connectivity index (χ1) is 12.2. The molecule has 0 aliphatic carbocycles. The van der Waals surface area contributed by atoms with Gasteiger partial charge in [-0.05, 0) is 41.5 Å². The van der Waals surface area contributed by atoms with Crippen LogP contribution in [0.5, 0.6) is 11.5 Å². The Hall–Kier alpha value is -3.27. The number of fused-ring (bicyclic) bond motifs is 6. The summed E-state index contributed by atoms with van der Waals surface area (Å²) in [6, 6.07) is 22.5. The lowest BCUT2D eigenvalue weighted by Crippen LogP contribution is -2.62. The van der Waals surface area contributed by atoms with E-state index in [0.717, 1.165) is 22.4 Å². The molecule has 2 atom stereocenters. The van der Waals surface area contributed by atoms with Crippen LogP contribution in [0.1, 0.15) is 11.6 Å². The Morgan fingerprint density at radius 3 is 2.32 bits per heavy atom. The van der Waals surface area contributed by atoms with E-state index < -0.39 is 6.10 Å². The normalized spacial score (nSPS) is 20.2. The maximum Gasteiger partial charge on any atom is 0.271 e. The van der Waals surface area contributed by atoms with Crippen LogP contribution in [-0.2, 0) is 4.79 Å². The maximum absolute atomic E-state index is 12.8. The molecule has 4 nitrogen and oxygen atoms in total. The van der Waals surface area contributed by atoms with Gasteiger partial charge in [0.15, 0.2) is 0 Å². The highest BCUT2D eigenvalue weighted by Gasteiger charge is 2.54. The van der Waals surface area contributed by atoms with Crippen LogP contribution in [0.4, 0.5) is 5.69 Å². The number of hydrogen-bond acceptors (Lipinski definition) is 3. The standard InChI is InChI=1S/C21H15NO3/c23-13-9-11-14(12-10-13)25-20-19-17-7-2-1-5-15(17)16-6-3-4-8-18(16)22(19)21(20)24/h1-12,19-20,23H/t19-,20-/m0/s1. The molecule has 0 aromatic heterocycles. The molecule has 4 heteroatoms. The van der Waals surface area contributed by atoms with Gasteiger partial charge in [0.05, 0.1) is 5.69 Å². The van der Waals surface area contributed by atoms with E-state index in [1.54, 1.807) is 24.3 Å². The summed E-state index contributed by atoms with van der Waals surface area (Å²) in [6.07, 6.45) is -0.556. The van der Waals surface area contributed by atoms with Crippen LogP contribution in [-0.4, -0.2) is 17.1 Å². The molecule has 0 unspecified atom stereocenters. The molecule has 5 rings (SSSR count). The Morgan fingerprint density at radius 2 is 1.52 bits per heavy atom. The van der Waals surface area contributed by atoms with Crippen molar-refractivity contribution in [3.8, 4) is 22.6 Å². The number of anilines is 1. The fraction of sp³-hybridized carbons (Fsp3) is 0.0952. The van der Waals surface area contributed by atoms with E-state index in [9.17, 15) is 9.90 Å². The first kappa shape index (κ1) is 14.1. The van der Waals surface area contributed by atoms with Gasteiger partial charge in [-0.2, -0.15) is 0 Å². The monoisotopic (exact) mass is 329 g/mol. The average Bonchev–Trinajstić information content (AvgIpc) is 2.66. The fourth-order valence-corrected chi connectivity index (χ4v) is 3.73. The Balaban J connectivity index is 1.57. The maximum atomic E-state index is 12.8. The SMILES string of the molecule is O=C1[C@@H](Oc2ccc(O)cc2)[C@@H]2c3ccccc3-c3ccccc3N12. The number of para-hydroxylation sites is 1. The molecule has 2 aliphatic rings. The van der Waals surface area contributed by atoms with Gasteiger partial charge in [-0.15, -0.1) is 0 Å². The Labute approximate surface area is 144 Å². The van der Waals surface area contributed by atoms with Crippen LogP contribution >= 0.6 is 0 Å². The second kappa shape index (κ2) is 5.11. The third-order valence-electron chi connectivity index (χ3n) is 4.88. The summed E-state index contributed by atoms with van der Waals surface area (Å²) in [5.41, 5.74) is 4.25.